The third kappa shape index (κ3) is 3.49. The predicted octanol–water partition coefficient (Wildman–Crippen LogP) is 6.24. The maximum Gasteiger partial charge on any atom is 0.139 e. The molecule has 0 saturated heterocycles. The molecule has 0 aliphatic heterocycles. The Kier molecular flexibility index (Phi) is 4.82. The van der Waals surface area contributed by atoms with Crippen molar-refractivity contribution in [2.75, 3.05) is 4.90 Å². The van der Waals surface area contributed by atoms with Crippen molar-refractivity contribution >= 4 is 41.1 Å². The Balaban J connectivity index is 1.66. The Morgan fingerprint density at radius 1 is 0.467 bits per heavy atom. The van der Waals surface area contributed by atoms with Gasteiger partial charge in [-0.05, 0) is 46.8 Å². The van der Waals surface area contributed by atoms with E-state index in [0.717, 1.165) is 11.4 Å². The maximum atomic E-state index is 2.34. The van der Waals surface area contributed by atoms with E-state index >= 15 is 0 Å². The van der Waals surface area contributed by atoms with Gasteiger partial charge in [0.25, 0.3) is 0 Å². The lowest BCUT2D eigenvalue weighted by molar-refractivity contribution is 1.30. The second-order valence-electron chi connectivity index (χ2n) is 7.58. The first-order valence-electron chi connectivity index (χ1n) is 10.3. The van der Waals surface area contributed by atoms with Crippen LogP contribution in [0.15, 0.2) is 121 Å². The lowest BCUT2D eigenvalue weighted by atomic mass is 9.96. The fourth-order valence-corrected chi connectivity index (χ4v) is 3.96. The van der Waals surface area contributed by atoms with Crippen LogP contribution in [0, 0.1) is 0 Å². The summed E-state index contributed by atoms with van der Waals surface area (Å²) in [4.78, 5) is 2.34. The van der Waals surface area contributed by atoms with Gasteiger partial charge in [-0.25, -0.2) is 0 Å². The molecule has 5 aromatic carbocycles. The van der Waals surface area contributed by atoms with E-state index in [-0.39, 0.29) is 0 Å². The molecule has 0 atom stereocenters. The Morgan fingerprint density at radius 2 is 1.03 bits per heavy atom. The average molecular weight is 383 g/mol. The first kappa shape index (κ1) is 18.3. The summed E-state index contributed by atoms with van der Waals surface area (Å²) in [5.41, 5.74) is 7.21. The van der Waals surface area contributed by atoms with Crippen LogP contribution in [0.5, 0.6) is 0 Å². The fraction of sp³-hybridized carbons (Fsp3) is 0. The molecule has 0 unspecified atom stereocenters. The first-order chi connectivity index (χ1) is 14.8. The van der Waals surface area contributed by atoms with Crippen LogP contribution in [0.3, 0.4) is 0 Å². The van der Waals surface area contributed by atoms with Crippen LogP contribution in [0.2, 0.25) is 0 Å². The molecule has 0 bridgehead atoms. The molecule has 0 heterocycles. The molecule has 30 heavy (non-hydrogen) atoms. The molecule has 0 saturated carbocycles. The number of hydrogen-bond acceptors (Lipinski definition) is 1. The summed E-state index contributed by atoms with van der Waals surface area (Å²) in [5.74, 6) is 0. The Labute approximate surface area is 178 Å². The van der Waals surface area contributed by atoms with E-state index in [0.29, 0.717) is 0 Å². The minimum Gasteiger partial charge on any atom is -0.310 e. The van der Waals surface area contributed by atoms with Crippen LogP contribution in [0.25, 0.3) is 21.9 Å². The standard InChI is InChI=1S/C28H22BN/c29-24-15-19-26(20-16-24)30(28-12-6-10-23-9-4-5-11-27(23)28)25-17-13-22(14-18-25)21-7-2-1-3-8-21/h1-20H,29H2. The third-order valence-electron chi connectivity index (χ3n) is 5.53. The summed E-state index contributed by atoms with van der Waals surface area (Å²) in [7, 11) is 2.13. The van der Waals surface area contributed by atoms with E-state index in [1.54, 1.807) is 0 Å². The second-order valence-corrected chi connectivity index (χ2v) is 7.58. The van der Waals surface area contributed by atoms with Crippen LogP contribution in [0.1, 0.15) is 0 Å². The normalized spacial score (nSPS) is 10.8. The van der Waals surface area contributed by atoms with Gasteiger partial charge in [0.05, 0.1) is 5.69 Å². The predicted molar refractivity (Wildman–Crippen MR) is 132 cm³/mol. The number of benzene rings is 5. The van der Waals surface area contributed by atoms with Crippen molar-refractivity contribution in [3.05, 3.63) is 121 Å². The SMILES string of the molecule is Bc1ccc(N(c2ccc(-c3ccccc3)cc2)c2cccc3ccccc23)cc1. The van der Waals surface area contributed by atoms with Crippen molar-refractivity contribution < 1.29 is 0 Å². The summed E-state index contributed by atoms with van der Waals surface area (Å²) in [6.07, 6.45) is 0. The Hall–Kier alpha value is -3.78. The van der Waals surface area contributed by atoms with Crippen molar-refractivity contribution in [1.82, 2.24) is 0 Å². The van der Waals surface area contributed by atoms with E-state index in [2.05, 4.69) is 134 Å². The van der Waals surface area contributed by atoms with E-state index in [4.69, 9.17) is 0 Å². The maximum absolute atomic E-state index is 2.34. The molecule has 2 heteroatoms. The molecule has 0 aromatic heterocycles. The zero-order valence-corrected chi connectivity index (χ0v) is 17.0. The van der Waals surface area contributed by atoms with Gasteiger partial charge in [-0.3, -0.25) is 0 Å². The molecule has 0 N–H and O–H groups in total. The number of anilines is 3. The average Bonchev–Trinajstić information content (AvgIpc) is 2.82. The van der Waals surface area contributed by atoms with Crippen molar-refractivity contribution in [3.8, 4) is 11.1 Å². The van der Waals surface area contributed by atoms with Crippen molar-refractivity contribution in [2.24, 2.45) is 0 Å². The zero-order chi connectivity index (χ0) is 20.3. The molecule has 0 amide bonds. The van der Waals surface area contributed by atoms with Gasteiger partial charge in [0.1, 0.15) is 7.85 Å². The van der Waals surface area contributed by atoms with Gasteiger partial charge in [0.15, 0.2) is 0 Å². The van der Waals surface area contributed by atoms with Gasteiger partial charge < -0.3 is 4.90 Å². The van der Waals surface area contributed by atoms with Crippen LogP contribution in [0.4, 0.5) is 17.1 Å². The molecule has 0 radical (unpaired) electrons. The number of nitrogens with zero attached hydrogens (tertiary/aromatic N) is 1. The van der Waals surface area contributed by atoms with Crippen LogP contribution < -0.4 is 10.4 Å². The van der Waals surface area contributed by atoms with Gasteiger partial charge in [0.2, 0.25) is 0 Å². The van der Waals surface area contributed by atoms with E-state index in [1.165, 1.54) is 33.0 Å². The van der Waals surface area contributed by atoms with Gasteiger partial charge in [0, 0.05) is 16.8 Å². The monoisotopic (exact) mass is 383 g/mol. The Morgan fingerprint density at radius 3 is 1.77 bits per heavy atom. The zero-order valence-electron chi connectivity index (χ0n) is 17.0. The highest BCUT2D eigenvalue weighted by atomic mass is 15.1. The summed E-state index contributed by atoms with van der Waals surface area (Å²) in [6.45, 7) is 0. The summed E-state index contributed by atoms with van der Waals surface area (Å²) in [5, 5.41) is 2.49. The molecule has 0 fully saturated rings. The summed E-state index contributed by atoms with van der Waals surface area (Å²) in [6, 6.07) is 43.2. The van der Waals surface area contributed by atoms with Crippen molar-refractivity contribution in [2.45, 2.75) is 0 Å². The van der Waals surface area contributed by atoms with Gasteiger partial charge >= 0.3 is 0 Å². The smallest absolute Gasteiger partial charge is 0.139 e. The van der Waals surface area contributed by atoms with Gasteiger partial charge in [-0.2, -0.15) is 0 Å². The summed E-state index contributed by atoms with van der Waals surface area (Å²) >= 11 is 0. The molecule has 0 aliphatic carbocycles. The number of hydrogen-bond donors (Lipinski definition) is 0. The fourth-order valence-electron chi connectivity index (χ4n) is 3.96. The summed E-state index contributed by atoms with van der Waals surface area (Å²) < 4.78 is 0. The molecule has 1 nitrogen and oxygen atoms in total. The number of fused-ring (bicyclic) bond motifs is 1. The molecule has 5 aromatic rings. The minimum absolute atomic E-state index is 1.15. The van der Waals surface area contributed by atoms with Crippen LogP contribution >= 0.6 is 0 Å². The molecule has 5 rings (SSSR count). The van der Waals surface area contributed by atoms with E-state index in [9.17, 15) is 0 Å². The molecule has 142 valence electrons. The van der Waals surface area contributed by atoms with Crippen molar-refractivity contribution in [1.29, 1.82) is 0 Å². The highest BCUT2D eigenvalue weighted by molar-refractivity contribution is 6.32. The lowest BCUT2D eigenvalue weighted by Crippen LogP contribution is -2.12. The van der Waals surface area contributed by atoms with Crippen LogP contribution in [-0.4, -0.2) is 7.85 Å². The topological polar surface area (TPSA) is 3.24 Å². The largest absolute Gasteiger partial charge is 0.310 e. The third-order valence-corrected chi connectivity index (χ3v) is 5.53. The lowest BCUT2D eigenvalue weighted by Gasteiger charge is -2.27. The molecular formula is C28H22BN. The molecular weight excluding hydrogens is 361 g/mol. The quantitative estimate of drug-likeness (QED) is 0.332. The minimum atomic E-state index is 1.15. The van der Waals surface area contributed by atoms with Gasteiger partial charge in [-0.15, -0.1) is 0 Å². The van der Waals surface area contributed by atoms with Crippen LogP contribution in [-0.2, 0) is 0 Å². The van der Waals surface area contributed by atoms with E-state index < -0.39 is 0 Å². The van der Waals surface area contributed by atoms with E-state index in [1.807, 2.05) is 0 Å². The number of rotatable bonds is 4. The first-order valence-corrected chi connectivity index (χ1v) is 10.3. The Bertz CT molecular complexity index is 1270. The molecule has 0 spiro atoms. The molecule has 0 aliphatic rings. The highest BCUT2D eigenvalue weighted by Gasteiger charge is 2.15. The second kappa shape index (κ2) is 7.92. The van der Waals surface area contributed by atoms with Gasteiger partial charge in [-0.1, -0.05) is 96.5 Å². The highest BCUT2D eigenvalue weighted by Crippen LogP contribution is 2.39. The van der Waals surface area contributed by atoms with Crippen molar-refractivity contribution in [3.63, 3.8) is 0 Å².